The molecule has 23 heavy (non-hydrogen) atoms. The molecular weight excluding hydrogens is 288 g/mol. The van der Waals surface area contributed by atoms with Gasteiger partial charge in [-0.3, -0.25) is 9.59 Å². The van der Waals surface area contributed by atoms with Crippen molar-refractivity contribution in [3.8, 4) is 0 Å². The Balaban J connectivity index is 1.78. The molecule has 4 rings (SSSR count). The predicted octanol–water partition coefficient (Wildman–Crippen LogP) is 4.44. The van der Waals surface area contributed by atoms with Crippen molar-refractivity contribution < 1.29 is 14.7 Å². The Bertz CT molecular complexity index is 583. The van der Waals surface area contributed by atoms with Gasteiger partial charge in [0.15, 0.2) is 0 Å². The molecule has 0 saturated heterocycles. The van der Waals surface area contributed by atoms with Crippen LogP contribution in [0.1, 0.15) is 78.6 Å². The Kier molecular flexibility index (Phi) is 3.00. The Morgan fingerprint density at radius 3 is 2.43 bits per heavy atom. The van der Waals surface area contributed by atoms with Crippen molar-refractivity contribution in [3.63, 3.8) is 0 Å². The molecular formula is C20H30O3. The molecule has 4 saturated carbocycles. The van der Waals surface area contributed by atoms with E-state index in [4.69, 9.17) is 0 Å². The van der Waals surface area contributed by atoms with E-state index < -0.39 is 11.4 Å². The Hall–Kier alpha value is -0.860. The van der Waals surface area contributed by atoms with Gasteiger partial charge in [-0.15, -0.1) is 0 Å². The lowest BCUT2D eigenvalue weighted by atomic mass is 9.40. The summed E-state index contributed by atoms with van der Waals surface area (Å²) in [6.07, 6.45) is 8.88. The van der Waals surface area contributed by atoms with Crippen LogP contribution in [0.25, 0.3) is 0 Å². The highest BCUT2D eigenvalue weighted by atomic mass is 16.4. The smallest absolute Gasteiger partial charge is 0.309 e. The van der Waals surface area contributed by atoms with Gasteiger partial charge in [0.2, 0.25) is 0 Å². The summed E-state index contributed by atoms with van der Waals surface area (Å²) in [6.45, 7) is 6.60. The van der Waals surface area contributed by atoms with E-state index in [1.807, 2.05) is 6.92 Å². The van der Waals surface area contributed by atoms with Crippen LogP contribution >= 0.6 is 0 Å². The number of fused-ring (bicyclic) bond motifs is 3. The zero-order chi connectivity index (χ0) is 16.7. The maximum atomic E-state index is 13.0. The van der Waals surface area contributed by atoms with Crippen LogP contribution in [0, 0.1) is 33.5 Å². The number of carboxylic acid groups (broad SMARTS) is 1. The molecule has 4 aliphatic carbocycles. The molecule has 128 valence electrons. The topological polar surface area (TPSA) is 54.4 Å². The predicted molar refractivity (Wildman–Crippen MR) is 87.9 cm³/mol. The summed E-state index contributed by atoms with van der Waals surface area (Å²) in [5, 5.41) is 9.90. The number of carbonyl (C=O) groups excluding carboxylic acids is 1. The lowest BCUT2D eigenvalue weighted by Crippen LogP contribution is -2.59. The van der Waals surface area contributed by atoms with Crippen LogP contribution < -0.4 is 0 Å². The molecule has 0 unspecified atom stereocenters. The van der Waals surface area contributed by atoms with Gasteiger partial charge in [0.1, 0.15) is 5.78 Å². The third kappa shape index (κ3) is 1.77. The molecule has 2 bridgehead atoms. The largest absolute Gasteiger partial charge is 0.481 e. The summed E-state index contributed by atoms with van der Waals surface area (Å²) in [7, 11) is 0. The maximum absolute atomic E-state index is 13.0. The highest BCUT2D eigenvalue weighted by molar-refractivity contribution is 5.89. The van der Waals surface area contributed by atoms with Gasteiger partial charge < -0.3 is 5.11 Å². The van der Waals surface area contributed by atoms with Crippen molar-refractivity contribution in [2.24, 2.45) is 33.5 Å². The minimum absolute atomic E-state index is 0.0327. The minimum Gasteiger partial charge on any atom is -0.481 e. The van der Waals surface area contributed by atoms with Crippen LogP contribution in [0.15, 0.2) is 0 Å². The second-order valence-electron chi connectivity index (χ2n) is 10.0. The van der Waals surface area contributed by atoms with Gasteiger partial charge >= 0.3 is 5.97 Å². The molecule has 6 atom stereocenters. The van der Waals surface area contributed by atoms with E-state index in [0.29, 0.717) is 11.7 Å². The fraction of sp³-hybridized carbons (Fsp3) is 0.900. The van der Waals surface area contributed by atoms with E-state index >= 15 is 0 Å². The molecule has 0 aromatic carbocycles. The Morgan fingerprint density at radius 1 is 1.04 bits per heavy atom. The van der Waals surface area contributed by atoms with Gasteiger partial charge in [0, 0.05) is 11.8 Å². The van der Waals surface area contributed by atoms with Gasteiger partial charge in [-0.1, -0.05) is 20.3 Å². The Morgan fingerprint density at radius 2 is 1.74 bits per heavy atom. The molecule has 1 N–H and O–H groups in total. The van der Waals surface area contributed by atoms with Gasteiger partial charge in [-0.25, -0.2) is 0 Å². The van der Waals surface area contributed by atoms with Crippen molar-refractivity contribution in [1.82, 2.24) is 0 Å². The molecule has 0 aromatic heterocycles. The molecule has 3 heteroatoms. The second-order valence-corrected chi connectivity index (χ2v) is 10.0. The fourth-order valence-corrected chi connectivity index (χ4v) is 7.75. The number of Topliss-reactive ketones (excluding diaryl/α,β-unsaturated/α-hetero) is 1. The van der Waals surface area contributed by atoms with E-state index in [1.54, 1.807) is 0 Å². The summed E-state index contributed by atoms with van der Waals surface area (Å²) in [4.78, 5) is 25.1. The number of aliphatic carboxylic acids is 1. The number of hydrogen-bond donors (Lipinski definition) is 1. The van der Waals surface area contributed by atoms with Crippen LogP contribution in [-0.4, -0.2) is 16.9 Å². The number of carbonyl (C=O) groups is 2. The quantitative estimate of drug-likeness (QED) is 0.777. The second kappa shape index (κ2) is 4.40. The van der Waals surface area contributed by atoms with Crippen LogP contribution in [0.2, 0.25) is 0 Å². The Labute approximate surface area is 139 Å². The van der Waals surface area contributed by atoms with E-state index in [9.17, 15) is 14.7 Å². The summed E-state index contributed by atoms with van der Waals surface area (Å²) >= 11 is 0. The first-order valence-electron chi connectivity index (χ1n) is 9.43. The molecule has 4 aliphatic rings. The van der Waals surface area contributed by atoms with Gasteiger partial charge in [-0.2, -0.15) is 0 Å². The van der Waals surface area contributed by atoms with Crippen LogP contribution in [0.4, 0.5) is 0 Å². The number of hydrogen-bond acceptors (Lipinski definition) is 2. The molecule has 0 aliphatic heterocycles. The SMILES string of the molecule is C[C@]12CC[C@@H]3[C@](CC[C@H]4[C@@]3(C)CCC[C@@]4(C)C(=O)O)(C1)C(=O)C2. The van der Waals surface area contributed by atoms with Crippen LogP contribution in [0.3, 0.4) is 0 Å². The average Bonchev–Trinajstić information content (AvgIpc) is 2.63. The number of rotatable bonds is 1. The lowest BCUT2D eigenvalue weighted by Gasteiger charge is -2.63. The molecule has 1 spiro atoms. The van der Waals surface area contributed by atoms with Crippen molar-refractivity contribution in [2.45, 2.75) is 78.6 Å². The third-order valence-electron chi connectivity index (χ3n) is 8.73. The number of carboxylic acids is 1. The van der Waals surface area contributed by atoms with Crippen molar-refractivity contribution in [3.05, 3.63) is 0 Å². The summed E-state index contributed by atoms with van der Waals surface area (Å²) in [6, 6.07) is 0. The molecule has 3 nitrogen and oxygen atoms in total. The molecule has 0 radical (unpaired) electrons. The van der Waals surface area contributed by atoms with Gasteiger partial charge in [0.05, 0.1) is 5.41 Å². The van der Waals surface area contributed by atoms with Crippen molar-refractivity contribution >= 4 is 11.8 Å². The number of ketones is 1. The van der Waals surface area contributed by atoms with Gasteiger partial charge in [-0.05, 0) is 74.5 Å². The molecule has 0 aromatic rings. The first-order chi connectivity index (χ1) is 10.7. The highest BCUT2D eigenvalue weighted by Gasteiger charge is 2.68. The summed E-state index contributed by atoms with van der Waals surface area (Å²) in [5.41, 5.74) is -0.460. The van der Waals surface area contributed by atoms with Gasteiger partial charge in [0.25, 0.3) is 0 Å². The van der Waals surface area contributed by atoms with Crippen molar-refractivity contribution in [2.75, 3.05) is 0 Å². The van der Waals surface area contributed by atoms with E-state index in [0.717, 1.165) is 57.8 Å². The summed E-state index contributed by atoms with van der Waals surface area (Å²) in [5.74, 6) is 0.526. The zero-order valence-corrected chi connectivity index (χ0v) is 14.8. The highest BCUT2D eigenvalue weighted by Crippen LogP contribution is 2.72. The third-order valence-corrected chi connectivity index (χ3v) is 8.73. The molecule has 0 heterocycles. The van der Waals surface area contributed by atoms with E-state index in [-0.39, 0.29) is 22.2 Å². The van der Waals surface area contributed by atoms with Crippen LogP contribution in [0.5, 0.6) is 0 Å². The van der Waals surface area contributed by atoms with E-state index in [1.165, 1.54) is 0 Å². The van der Waals surface area contributed by atoms with Crippen molar-refractivity contribution in [1.29, 1.82) is 0 Å². The minimum atomic E-state index is -0.622. The molecule has 4 fully saturated rings. The van der Waals surface area contributed by atoms with Crippen LogP contribution in [-0.2, 0) is 9.59 Å². The first-order valence-corrected chi connectivity index (χ1v) is 9.43. The normalized spacial score (nSPS) is 55.2. The zero-order valence-electron chi connectivity index (χ0n) is 14.8. The average molecular weight is 318 g/mol. The van der Waals surface area contributed by atoms with E-state index in [2.05, 4.69) is 13.8 Å². The summed E-state index contributed by atoms with van der Waals surface area (Å²) < 4.78 is 0. The maximum Gasteiger partial charge on any atom is 0.309 e. The fourth-order valence-electron chi connectivity index (χ4n) is 7.75. The first kappa shape index (κ1) is 15.7. The lowest BCUT2D eigenvalue weighted by molar-refractivity contribution is -0.184. The monoisotopic (exact) mass is 318 g/mol. The molecule has 0 amide bonds. The standard InChI is InChI=1S/C20H30O3/c1-17-9-5-14-18(2)7-4-8-19(3,16(22)23)13(18)6-10-20(14,12-17)15(21)11-17/h13-14H,4-12H2,1-3H3,(H,22,23)/t13-,14-,17+,18+,19+,20-/m0/s1.